The molecule has 0 aliphatic carbocycles. The van der Waals surface area contributed by atoms with Crippen molar-refractivity contribution in [2.24, 2.45) is 5.73 Å². The van der Waals surface area contributed by atoms with Crippen molar-refractivity contribution in [2.45, 2.75) is 19.9 Å². The first-order chi connectivity index (χ1) is 9.65. The van der Waals surface area contributed by atoms with Gasteiger partial charge in [0, 0.05) is 17.8 Å². The van der Waals surface area contributed by atoms with Gasteiger partial charge in [-0.2, -0.15) is 0 Å². The summed E-state index contributed by atoms with van der Waals surface area (Å²) in [7, 11) is 0. The fourth-order valence-electron chi connectivity index (χ4n) is 2.49. The quantitative estimate of drug-likeness (QED) is 0.771. The molecule has 0 spiro atoms. The number of fused-ring (bicyclic) bond motifs is 1. The molecule has 3 aromatic rings. The van der Waals surface area contributed by atoms with Crippen molar-refractivity contribution in [3.63, 3.8) is 0 Å². The maximum atomic E-state index is 6.37. The van der Waals surface area contributed by atoms with E-state index >= 15 is 0 Å². The van der Waals surface area contributed by atoms with E-state index in [9.17, 15) is 0 Å². The van der Waals surface area contributed by atoms with Gasteiger partial charge in [-0.05, 0) is 42.7 Å². The summed E-state index contributed by atoms with van der Waals surface area (Å²) in [6.07, 6.45) is 3.66. The summed E-state index contributed by atoms with van der Waals surface area (Å²) < 4.78 is 0. The molecule has 0 bridgehead atoms. The van der Waals surface area contributed by atoms with Gasteiger partial charge in [0.1, 0.15) is 0 Å². The van der Waals surface area contributed by atoms with E-state index in [1.165, 1.54) is 0 Å². The second kappa shape index (κ2) is 5.02. The fraction of sp³-hybridized carbons (Fsp3) is 0.176. The Balaban J connectivity index is 2.05. The van der Waals surface area contributed by atoms with E-state index in [0.717, 1.165) is 33.3 Å². The first-order valence-electron chi connectivity index (χ1n) is 6.68. The van der Waals surface area contributed by atoms with Crippen LogP contribution in [-0.4, -0.2) is 9.97 Å². The summed E-state index contributed by atoms with van der Waals surface area (Å²) in [6, 6.07) is 12.0. The molecule has 3 nitrogen and oxygen atoms in total. The van der Waals surface area contributed by atoms with Crippen LogP contribution in [0.4, 0.5) is 0 Å². The van der Waals surface area contributed by atoms with E-state index in [2.05, 4.69) is 35.1 Å². The molecule has 2 N–H and O–H groups in total. The number of hydrogen-bond donors (Lipinski definition) is 1. The van der Waals surface area contributed by atoms with Crippen LogP contribution in [0, 0.1) is 13.8 Å². The van der Waals surface area contributed by atoms with Gasteiger partial charge in [0.15, 0.2) is 0 Å². The minimum Gasteiger partial charge on any atom is -0.319 e. The van der Waals surface area contributed by atoms with E-state index in [-0.39, 0.29) is 6.04 Å². The lowest BCUT2D eigenvalue weighted by molar-refractivity contribution is 0.816. The number of nitrogens with zero attached hydrogens (tertiary/aromatic N) is 2. The minimum atomic E-state index is -0.220. The van der Waals surface area contributed by atoms with Crippen molar-refractivity contribution in [3.8, 4) is 0 Å². The summed E-state index contributed by atoms with van der Waals surface area (Å²) in [6.45, 7) is 4.09. The topological polar surface area (TPSA) is 51.8 Å². The normalized spacial score (nSPS) is 12.6. The van der Waals surface area contributed by atoms with Crippen LogP contribution in [0.15, 0.2) is 48.8 Å². The van der Waals surface area contributed by atoms with Gasteiger partial charge in [0.05, 0.1) is 17.3 Å². The third kappa shape index (κ3) is 2.28. The monoisotopic (exact) mass is 263 g/mol. The van der Waals surface area contributed by atoms with Gasteiger partial charge < -0.3 is 5.73 Å². The number of hydrogen-bond acceptors (Lipinski definition) is 3. The molecule has 0 aliphatic rings. The summed E-state index contributed by atoms with van der Waals surface area (Å²) in [5, 5.41) is 1.12. The highest BCUT2D eigenvalue weighted by atomic mass is 14.8. The Bertz CT molecular complexity index is 765. The zero-order chi connectivity index (χ0) is 14.1. The van der Waals surface area contributed by atoms with Crippen LogP contribution < -0.4 is 5.73 Å². The lowest BCUT2D eigenvalue weighted by Crippen LogP contribution is -2.15. The number of aryl methyl sites for hydroxylation is 2. The zero-order valence-electron chi connectivity index (χ0n) is 11.7. The molecule has 0 saturated heterocycles. The Hall–Kier alpha value is -2.26. The van der Waals surface area contributed by atoms with Gasteiger partial charge in [-0.15, -0.1) is 0 Å². The van der Waals surface area contributed by atoms with Gasteiger partial charge in [-0.1, -0.05) is 24.3 Å². The molecule has 0 aliphatic heterocycles. The number of pyridine rings is 2. The molecule has 1 atom stereocenters. The smallest absolute Gasteiger partial charge is 0.0729 e. The van der Waals surface area contributed by atoms with Gasteiger partial charge in [-0.3, -0.25) is 9.97 Å². The Labute approximate surface area is 118 Å². The van der Waals surface area contributed by atoms with E-state index in [1.807, 2.05) is 31.3 Å². The molecule has 2 heterocycles. The molecule has 0 amide bonds. The third-order valence-electron chi connectivity index (χ3n) is 3.54. The number of aromatic nitrogens is 2. The van der Waals surface area contributed by atoms with E-state index in [4.69, 9.17) is 5.73 Å². The van der Waals surface area contributed by atoms with Crippen LogP contribution in [0.5, 0.6) is 0 Å². The van der Waals surface area contributed by atoms with Crippen molar-refractivity contribution >= 4 is 10.9 Å². The van der Waals surface area contributed by atoms with Crippen LogP contribution in [0.3, 0.4) is 0 Å². The van der Waals surface area contributed by atoms with E-state index < -0.39 is 0 Å². The molecule has 20 heavy (non-hydrogen) atoms. The molecule has 100 valence electrons. The molecule has 0 saturated carbocycles. The Morgan fingerprint density at radius 1 is 1.05 bits per heavy atom. The van der Waals surface area contributed by atoms with Gasteiger partial charge in [0.2, 0.25) is 0 Å². The summed E-state index contributed by atoms with van der Waals surface area (Å²) in [5.74, 6) is 0. The second-order valence-electron chi connectivity index (χ2n) is 5.15. The number of benzene rings is 1. The standard InChI is InChI=1S/C17H17N3/c1-11-8-12(2)17(20-10-11)16(18)14-6-5-13-4-3-7-19-15(13)9-14/h3-10,16H,18H2,1-2H3. The predicted octanol–water partition coefficient (Wildman–Crippen LogP) is 3.29. The first kappa shape index (κ1) is 12.8. The minimum absolute atomic E-state index is 0.220. The number of nitrogens with two attached hydrogens (primary N) is 1. The Morgan fingerprint density at radius 2 is 1.90 bits per heavy atom. The average molecular weight is 263 g/mol. The van der Waals surface area contributed by atoms with Crippen LogP contribution in [0.2, 0.25) is 0 Å². The molecule has 1 unspecified atom stereocenters. The molecular weight excluding hydrogens is 246 g/mol. The predicted molar refractivity (Wildman–Crippen MR) is 81.5 cm³/mol. The first-order valence-corrected chi connectivity index (χ1v) is 6.68. The van der Waals surface area contributed by atoms with Crippen molar-refractivity contribution in [1.29, 1.82) is 0 Å². The van der Waals surface area contributed by atoms with Crippen molar-refractivity contribution in [2.75, 3.05) is 0 Å². The molecular formula is C17H17N3. The van der Waals surface area contributed by atoms with Gasteiger partial charge >= 0.3 is 0 Å². The van der Waals surface area contributed by atoms with Crippen molar-refractivity contribution in [3.05, 3.63) is 71.2 Å². The van der Waals surface area contributed by atoms with Gasteiger partial charge in [-0.25, -0.2) is 0 Å². The molecule has 2 aromatic heterocycles. The average Bonchev–Trinajstić information content (AvgIpc) is 2.46. The fourth-order valence-corrected chi connectivity index (χ4v) is 2.49. The summed E-state index contributed by atoms with van der Waals surface area (Å²) in [4.78, 5) is 8.87. The zero-order valence-corrected chi connectivity index (χ0v) is 11.7. The Kier molecular flexibility index (Phi) is 3.20. The van der Waals surface area contributed by atoms with Gasteiger partial charge in [0.25, 0.3) is 0 Å². The molecule has 1 aromatic carbocycles. The third-order valence-corrected chi connectivity index (χ3v) is 3.54. The lowest BCUT2D eigenvalue weighted by atomic mass is 9.99. The molecule has 0 radical (unpaired) electrons. The molecule has 3 rings (SSSR count). The summed E-state index contributed by atoms with van der Waals surface area (Å²) in [5.41, 5.74) is 11.6. The van der Waals surface area contributed by atoms with Crippen LogP contribution >= 0.6 is 0 Å². The molecule has 3 heteroatoms. The highest BCUT2D eigenvalue weighted by molar-refractivity contribution is 5.79. The van der Waals surface area contributed by atoms with Crippen molar-refractivity contribution < 1.29 is 0 Å². The highest BCUT2D eigenvalue weighted by Crippen LogP contribution is 2.24. The van der Waals surface area contributed by atoms with E-state index in [1.54, 1.807) is 6.20 Å². The van der Waals surface area contributed by atoms with Crippen molar-refractivity contribution in [1.82, 2.24) is 9.97 Å². The maximum absolute atomic E-state index is 6.37. The largest absolute Gasteiger partial charge is 0.319 e. The Morgan fingerprint density at radius 3 is 2.70 bits per heavy atom. The second-order valence-corrected chi connectivity index (χ2v) is 5.15. The van der Waals surface area contributed by atoms with Crippen LogP contribution in [0.1, 0.15) is 28.4 Å². The van der Waals surface area contributed by atoms with E-state index in [0.29, 0.717) is 0 Å². The SMILES string of the molecule is Cc1cnc(C(N)c2ccc3cccnc3c2)c(C)c1. The molecule has 0 fully saturated rings. The van der Waals surface area contributed by atoms with Crippen LogP contribution in [0.25, 0.3) is 10.9 Å². The number of rotatable bonds is 2. The summed E-state index contributed by atoms with van der Waals surface area (Å²) >= 11 is 0. The maximum Gasteiger partial charge on any atom is 0.0729 e. The lowest BCUT2D eigenvalue weighted by Gasteiger charge is -2.15. The van der Waals surface area contributed by atoms with Crippen LogP contribution in [-0.2, 0) is 0 Å². The highest BCUT2D eigenvalue weighted by Gasteiger charge is 2.13.